The molecule has 0 saturated heterocycles. The third-order valence-electron chi connectivity index (χ3n) is 2.75. The molecule has 0 spiro atoms. The summed E-state index contributed by atoms with van der Waals surface area (Å²) >= 11 is 9.44. The first kappa shape index (κ1) is 13.9. The molecule has 0 saturated carbocycles. The molecule has 2 aromatic carbocycles. The van der Waals surface area contributed by atoms with E-state index in [0.29, 0.717) is 22.9 Å². The van der Waals surface area contributed by atoms with Gasteiger partial charge < -0.3 is 4.74 Å². The lowest BCUT2D eigenvalue weighted by molar-refractivity contribution is 0.305. The Kier molecular flexibility index (Phi) is 4.47. The lowest BCUT2D eigenvalue weighted by Crippen LogP contribution is -1.98. The maximum Gasteiger partial charge on any atom is 0.139 e. The standard InChI is InChI=1S/C15H11BrClNO/c1-10-6-11(8-18)2-3-12(10)9-19-15-7-13(16)4-5-14(15)17/h2-7H,9H2,1H3. The molecule has 0 N–H and O–H groups in total. The molecule has 0 aliphatic carbocycles. The van der Waals surface area contributed by atoms with Crippen LogP contribution in [0.1, 0.15) is 16.7 Å². The molecule has 0 unspecified atom stereocenters. The number of hydrogen-bond donors (Lipinski definition) is 0. The Balaban J connectivity index is 2.15. The van der Waals surface area contributed by atoms with Crippen LogP contribution in [0.2, 0.25) is 5.02 Å². The maximum atomic E-state index is 8.82. The number of rotatable bonds is 3. The van der Waals surface area contributed by atoms with Gasteiger partial charge in [-0.05, 0) is 48.4 Å². The van der Waals surface area contributed by atoms with Gasteiger partial charge in [-0.1, -0.05) is 33.6 Å². The van der Waals surface area contributed by atoms with Crippen LogP contribution in [-0.4, -0.2) is 0 Å². The van der Waals surface area contributed by atoms with E-state index in [1.54, 1.807) is 12.1 Å². The Morgan fingerprint density at radius 2 is 2.05 bits per heavy atom. The topological polar surface area (TPSA) is 33.0 Å². The van der Waals surface area contributed by atoms with Crippen molar-refractivity contribution in [3.63, 3.8) is 0 Å². The summed E-state index contributed by atoms with van der Waals surface area (Å²) in [6.45, 7) is 2.38. The highest BCUT2D eigenvalue weighted by Gasteiger charge is 2.05. The summed E-state index contributed by atoms with van der Waals surface area (Å²) in [5.74, 6) is 0.639. The Labute approximate surface area is 125 Å². The van der Waals surface area contributed by atoms with Crippen molar-refractivity contribution in [2.75, 3.05) is 0 Å². The second kappa shape index (κ2) is 6.10. The van der Waals surface area contributed by atoms with E-state index in [1.807, 2.05) is 31.2 Å². The fourth-order valence-electron chi connectivity index (χ4n) is 1.67. The fourth-order valence-corrected chi connectivity index (χ4v) is 2.18. The van der Waals surface area contributed by atoms with Crippen molar-refractivity contribution < 1.29 is 4.74 Å². The second-order valence-electron chi connectivity index (χ2n) is 4.12. The summed E-state index contributed by atoms with van der Waals surface area (Å²) in [6, 6.07) is 13.1. The summed E-state index contributed by atoms with van der Waals surface area (Å²) in [6.07, 6.45) is 0. The summed E-state index contributed by atoms with van der Waals surface area (Å²) in [5.41, 5.74) is 2.72. The molecule has 2 nitrogen and oxygen atoms in total. The third kappa shape index (κ3) is 3.50. The van der Waals surface area contributed by atoms with Crippen molar-refractivity contribution in [1.29, 1.82) is 5.26 Å². The van der Waals surface area contributed by atoms with Gasteiger partial charge in [0.05, 0.1) is 16.7 Å². The van der Waals surface area contributed by atoms with Gasteiger partial charge in [0, 0.05) is 4.47 Å². The van der Waals surface area contributed by atoms with Crippen LogP contribution in [0.3, 0.4) is 0 Å². The number of hydrogen-bond acceptors (Lipinski definition) is 2. The first-order valence-electron chi connectivity index (χ1n) is 5.67. The molecule has 96 valence electrons. The highest BCUT2D eigenvalue weighted by molar-refractivity contribution is 9.10. The summed E-state index contributed by atoms with van der Waals surface area (Å²) in [4.78, 5) is 0. The largest absolute Gasteiger partial charge is 0.487 e. The Hall–Kier alpha value is -1.50. The van der Waals surface area contributed by atoms with Gasteiger partial charge >= 0.3 is 0 Å². The van der Waals surface area contributed by atoms with Crippen molar-refractivity contribution in [3.8, 4) is 11.8 Å². The molecule has 0 atom stereocenters. The first-order valence-corrected chi connectivity index (χ1v) is 6.84. The van der Waals surface area contributed by atoms with Crippen molar-refractivity contribution in [1.82, 2.24) is 0 Å². The van der Waals surface area contributed by atoms with Crippen molar-refractivity contribution in [3.05, 3.63) is 62.6 Å². The van der Waals surface area contributed by atoms with E-state index < -0.39 is 0 Å². The Morgan fingerprint density at radius 3 is 2.74 bits per heavy atom. The smallest absolute Gasteiger partial charge is 0.139 e. The van der Waals surface area contributed by atoms with Crippen LogP contribution >= 0.6 is 27.5 Å². The second-order valence-corrected chi connectivity index (χ2v) is 5.44. The summed E-state index contributed by atoms with van der Waals surface area (Å²) in [7, 11) is 0. The van der Waals surface area contributed by atoms with Crippen LogP contribution in [0.5, 0.6) is 5.75 Å². The van der Waals surface area contributed by atoms with E-state index in [0.717, 1.165) is 15.6 Å². The molecule has 2 aromatic rings. The highest BCUT2D eigenvalue weighted by atomic mass is 79.9. The molecule has 0 aliphatic rings. The zero-order valence-electron chi connectivity index (χ0n) is 10.3. The van der Waals surface area contributed by atoms with Gasteiger partial charge in [0.1, 0.15) is 12.4 Å². The molecular formula is C15H11BrClNO. The van der Waals surface area contributed by atoms with Crippen molar-refractivity contribution >= 4 is 27.5 Å². The average molecular weight is 337 g/mol. The molecule has 0 aliphatic heterocycles. The summed E-state index contributed by atoms with van der Waals surface area (Å²) in [5, 5.41) is 9.40. The third-order valence-corrected chi connectivity index (χ3v) is 3.55. The van der Waals surface area contributed by atoms with E-state index in [-0.39, 0.29) is 0 Å². The Bertz CT molecular complexity index is 649. The highest BCUT2D eigenvalue weighted by Crippen LogP contribution is 2.28. The fraction of sp³-hybridized carbons (Fsp3) is 0.133. The molecule has 0 amide bonds. The van der Waals surface area contributed by atoms with Crippen LogP contribution in [0.15, 0.2) is 40.9 Å². The van der Waals surface area contributed by atoms with Gasteiger partial charge in [0.2, 0.25) is 0 Å². The number of ether oxygens (including phenoxy) is 1. The molecule has 2 rings (SSSR count). The predicted octanol–water partition coefficient (Wildman–Crippen LogP) is 4.86. The number of aryl methyl sites for hydroxylation is 1. The first-order chi connectivity index (χ1) is 9.10. The number of benzene rings is 2. The van der Waals surface area contributed by atoms with E-state index in [2.05, 4.69) is 22.0 Å². The average Bonchev–Trinajstić information content (AvgIpc) is 2.40. The minimum Gasteiger partial charge on any atom is -0.487 e. The lowest BCUT2D eigenvalue weighted by atomic mass is 10.1. The predicted molar refractivity (Wildman–Crippen MR) is 79.4 cm³/mol. The number of nitriles is 1. The van der Waals surface area contributed by atoms with Crippen LogP contribution in [-0.2, 0) is 6.61 Å². The lowest BCUT2D eigenvalue weighted by Gasteiger charge is -2.10. The number of halogens is 2. The summed E-state index contributed by atoms with van der Waals surface area (Å²) < 4.78 is 6.63. The van der Waals surface area contributed by atoms with Gasteiger partial charge in [-0.3, -0.25) is 0 Å². The van der Waals surface area contributed by atoms with Crippen LogP contribution in [0.4, 0.5) is 0 Å². The van der Waals surface area contributed by atoms with E-state index in [4.69, 9.17) is 21.6 Å². The minimum atomic E-state index is 0.424. The molecule has 0 radical (unpaired) electrons. The molecule has 0 bridgehead atoms. The van der Waals surface area contributed by atoms with Gasteiger partial charge in [-0.25, -0.2) is 0 Å². The molecule has 0 fully saturated rings. The van der Waals surface area contributed by atoms with E-state index in [9.17, 15) is 0 Å². The Morgan fingerprint density at radius 1 is 1.26 bits per heavy atom. The molecule has 4 heteroatoms. The monoisotopic (exact) mass is 335 g/mol. The van der Waals surface area contributed by atoms with Crippen LogP contribution in [0.25, 0.3) is 0 Å². The van der Waals surface area contributed by atoms with Crippen molar-refractivity contribution in [2.24, 2.45) is 0 Å². The van der Waals surface area contributed by atoms with E-state index in [1.165, 1.54) is 0 Å². The quantitative estimate of drug-likeness (QED) is 0.801. The van der Waals surface area contributed by atoms with Crippen molar-refractivity contribution in [2.45, 2.75) is 13.5 Å². The molecule has 19 heavy (non-hydrogen) atoms. The normalized spacial score (nSPS) is 10.0. The van der Waals surface area contributed by atoms with E-state index >= 15 is 0 Å². The number of nitrogens with zero attached hydrogens (tertiary/aromatic N) is 1. The zero-order valence-corrected chi connectivity index (χ0v) is 12.6. The minimum absolute atomic E-state index is 0.424. The van der Waals surface area contributed by atoms with Crippen LogP contribution < -0.4 is 4.74 Å². The van der Waals surface area contributed by atoms with Gasteiger partial charge in [-0.15, -0.1) is 0 Å². The van der Waals surface area contributed by atoms with Crippen LogP contribution in [0, 0.1) is 18.3 Å². The molecule has 0 heterocycles. The molecule has 0 aromatic heterocycles. The SMILES string of the molecule is Cc1cc(C#N)ccc1COc1cc(Br)ccc1Cl. The van der Waals surface area contributed by atoms with Gasteiger partial charge in [0.15, 0.2) is 0 Å². The van der Waals surface area contributed by atoms with Gasteiger partial charge in [-0.2, -0.15) is 5.26 Å². The maximum absolute atomic E-state index is 8.82. The molecular weight excluding hydrogens is 326 g/mol. The van der Waals surface area contributed by atoms with Gasteiger partial charge in [0.25, 0.3) is 0 Å². The zero-order chi connectivity index (χ0) is 13.8.